The van der Waals surface area contributed by atoms with Crippen molar-refractivity contribution in [2.75, 3.05) is 0 Å². The Labute approximate surface area is 144 Å². The van der Waals surface area contributed by atoms with Gasteiger partial charge in [-0.05, 0) is 53.1 Å². The van der Waals surface area contributed by atoms with Crippen LogP contribution >= 0.6 is 0 Å². The quantitative estimate of drug-likeness (QED) is 0.507. The first kappa shape index (κ1) is 15.3. The third-order valence-electron chi connectivity index (χ3n) is 4.16. The predicted octanol–water partition coefficient (Wildman–Crippen LogP) is 4.63. The van der Waals surface area contributed by atoms with Gasteiger partial charge in [0, 0.05) is 5.56 Å². The molecule has 0 bridgehead atoms. The van der Waals surface area contributed by atoms with Crippen molar-refractivity contribution >= 4 is 28.7 Å². The molecular weight excluding hydrogens is 317 g/mol. The number of hydrogen-bond acceptors (Lipinski definition) is 3. The van der Waals surface area contributed by atoms with Gasteiger partial charge >= 0.3 is 5.97 Å². The Balaban J connectivity index is 1.80. The Kier molecular flexibility index (Phi) is 3.65. The number of halogens is 1. The van der Waals surface area contributed by atoms with E-state index < -0.39 is 11.8 Å². The first-order valence-electron chi connectivity index (χ1n) is 7.89. The van der Waals surface area contributed by atoms with Crippen LogP contribution in [-0.4, -0.2) is 11.9 Å². The third kappa shape index (κ3) is 2.83. The molecule has 4 heteroatoms. The summed E-state index contributed by atoms with van der Waals surface area (Å²) in [5.74, 6) is -0.825. The van der Waals surface area contributed by atoms with Gasteiger partial charge in [-0.1, -0.05) is 42.5 Å². The molecule has 0 fully saturated rings. The van der Waals surface area contributed by atoms with Gasteiger partial charge in [0.25, 0.3) is 0 Å². The largest absolute Gasteiger partial charge is 0.402 e. The van der Waals surface area contributed by atoms with Crippen LogP contribution in [0.2, 0.25) is 0 Å². The zero-order valence-electron chi connectivity index (χ0n) is 13.5. The molecule has 0 saturated heterocycles. The summed E-state index contributed by atoms with van der Waals surface area (Å²) >= 11 is 0. The Morgan fingerprint density at radius 3 is 2.60 bits per heavy atom. The number of aliphatic imine (C=N–C) groups is 1. The maximum Gasteiger partial charge on any atom is 0.363 e. The highest BCUT2D eigenvalue weighted by Gasteiger charge is 2.24. The summed E-state index contributed by atoms with van der Waals surface area (Å²) in [7, 11) is 0. The SMILES string of the molecule is Cc1ccc(/C=C2/N=C(c3cccc(F)c3)OC2=O)c2ccccc12. The molecule has 0 unspecified atom stereocenters. The summed E-state index contributed by atoms with van der Waals surface area (Å²) in [4.78, 5) is 16.4. The number of nitrogens with zero attached hydrogens (tertiary/aromatic N) is 1. The zero-order valence-corrected chi connectivity index (χ0v) is 13.5. The molecule has 0 aromatic heterocycles. The summed E-state index contributed by atoms with van der Waals surface area (Å²) in [6, 6.07) is 17.8. The van der Waals surface area contributed by atoms with Crippen molar-refractivity contribution in [2.24, 2.45) is 4.99 Å². The topological polar surface area (TPSA) is 38.7 Å². The summed E-state index contributed by atoms with van der Waals surface area (Å²) < 4.78 is 18.6. The number of esters is 1. The summed E-state index contributed by atoms with van der Waals surface area (Å²) in [5, 5.41) is 2.16. The number of aryl methyl sites for hydroxylation is 1. The van der Waals surface area contributed by atoms with E-state index in [1.165, 1.54) is 12.1 Å². The van der Waals surface area contributed by atoms with Gasteiger partial charge in [0.2, 0.25) is 5.90 Å². The number of carbonyl (C=O) groups is 1. The Bertz CT molecular complexity index is 1070. The van der Waals surface area contributed by atoms with Crippen molar-refractivity contribution in [1.29, 1.82) is 0 Å². The minimum atomic E-state index is -0.538. The molecule has 1 aliphatic rings. The average Bonchev–Trinajstić information content (AvgIpc) is 2.98. The Hall–Kier alpha value is -3.27. The van der Waals surface area contributed by atoms with E-state index in [-0.39, 0.29) is 11.6 Å². The molecule has 0 aliphatic carbocycles. The molecule has 3 nitrogen and oxygen atoms in total. The normalized spacial score (nSPS) is 15.5. The van der Waals surface area contributed by atoms with E-state index in [0.717, 1.165) is 21.9 Å². The highest BCUT2D eigenvalue weighted by Crippen LogP contribution is 2.26. The van der Waals surface area contributed by atoms with E-state index in [9.17, 15) is 9.18 Å². The second-order valence-corrected chi connectivity index (χ2v) is 5.86. The van der Waals surface area contributed by atoms with Crippen molar-refractivity contribution in [3.8, 4) is 0 Å². The molecule has 0 saturated carbocycles. The van der Waals surface area contributed by atoms with Crippen LogP contribution in [0.4, 0.5) is 4.39 Å². The number of hydrogen-bond donors (Lipinski definition) is 0. The van der Waals surface area contributed by atoms with Crippen LogP contribution in [0.25, 0.3) is 16.8 Å². The lowest BCUT2D eigenvalue weighted by Gasteiger charge is -2.05. The maximum absolute atomic E-state index is 13.4. The molecule has 0 radical (unpaired) electrons. The van der Waals surface area contributed by atoms with Gasteiger partial charge in [0.05, 0.1) is 0 Å². The molecule has 1 heterocycles. The van der Waals surface area contributed by atoms with Crippen molar-refractivity contribution in [1.82, 2.24) is 0 Å². The molecule has 0 amide bonds. The molecule has 122 valence electrons. The van der Waals surface area contributed by atoms with E-state index in [0.29, 0.717) is 5.56 Å². The maximum atomic E-state index is 13.4. The van der Waals surface area contributed by atoms with E-state index >= 15 is 0 Å². The monoisotopic (exact) mass is 331 g/mol. The molecule has 3 aromatic carbocycles. The van der Waals surface area contributed by atoms with Crippen LogP contribution in [-0.2, 0) is 9.53 Å². The zero-order chi connectivity index (χ0) is 17.4. The molecule has 0 N–H and O–H groups in total. The standard InChI is InChI=1S/C21H14FNO2/c1-13-9-10-14(18-8-3-2-7-17(13)18)12-19-21(24)25-20(23-19)15-5-4-6-16(22)11-15/h2-12H,1H3/b19-12+. The minimum Gasteiger partial charge on any atom is -0.402 e. The highest BCUT2D eigenvalue weighted by atomic mass is 19.1. The van der Waals surface area contributed by atoms with E-state index in [4.69, 9.17) is 4.74 Å². The molecule has 25 heavy (non-hydrogen) atoms. The first-order chi connectivity index (χ1) is 12.1. The van der Waals surface area contributed by atoms with Crippen molar-refractivity contribution in [2.45, 2.75) is 6.92 Å². The van der Waals surface area contributed by atoms with Crippen molar-refractivity contribution in [3.63, 3.8) is 0 Å². The van der Waals surface area contributed by atoms with Gasteiger partial charge in [0.15, 0.2) is 5.70 Å². The second-order valence-electron chi connectivity index (χ2n) is 5.86. The minimum absolute atomic E-state index is 0.118. The van der Waals surface area contributed by atoms with Crippen LogP contribution in [0, 0.1) is 12.7 Å². The van der Waals surface area contributed by atoms with Crippen molar-refractivity contribution < 1.29 is 13.9 Å². The molecular formula is C21H14FNO2. The first-order valence-corrected chi connectivity index (χ1v) is 7.89. The van der Waals surface area contributed by atoms with Crippen LogP contribution in [0.5, 0.6) is 0 Å². The smallest absolute Gasteiger partial charge is 0.363 e. The van der Waals surface area contributed by atoms with Gasteiger partial charge in [-0.3, -0.25) is 0 Å². The third-order valence-corrected chi connectivity index (χ3v) is 4.16. The number of rotatable bonds is 2. The van der Waals surface area contributed by atoms with E-state index in [1.54, 1.807) is 18.2 Å². The van der Waals surface area contributed by atoms with Crippen LogP contribution in [0.15, 0.2) is 71.4 Å². The number of benzene rings is 3. The van der Waals surface area contributed by atoms with Gasteiger partial charge in [-0.15, -0.1) is 0 Å². The van der Waals surface area contributed by atoms with Crippen LogP contribution < -0.4 is 0 Å². The summed E-state index contributed by atoms with van der Waals surface area (Å²) in [6.07, 6.45) is 1.70. The second kappa shape index (κ2) is 5.98. The van der Waals surface area contributed by atoms with E-state index in [2.05, 4.69) is 4.99 Å². The molecule has 1 aliphatic heterocycles. The summed E-state index contributed by atoms with van der Waals surface area (Å²) in [5.41, 5.74) is 2.69. The number of cyclic esters (lactones) is 1. The lowest BCUT2D eigenvalue weighted by molar-refractivity contribution is -0.129. The highest BCUT2D eigenvalue weighted by molar-refractivity contribution is 6.13. The van der Waals surface area contributed by atoms with Crippen LogP contribution in [0.1, 0.15) is 16.7 Å². The van der Waals surface area contributed by atoms with Crippen LogP contribution in [0.3, 0.4) is 0 Å². The van der Waals surface area contributed by atoms with Crippen molar-refractivity contribution in [3.05, 3.63) is 88.9 Å². The van der Waals surface area contributed by atoms with Gasteiger partial charge in [-0.2, -0.15) is 0 Å². The molecule has 0 spiro atoms. The number of carbonyl (C=O) groups excluding carboxylic acids is 1. The fourth-order valence-electron chi connectivity index (χ4n) is 2.90. The summed E-state index contributed by atoms with van der Waals surface area (Å²) in [6.45, 7) is 2.04. The van der Waals surface area contributed by atoms with Gasteiger partial charge < -0.3 is 4.74 Å². The fourth-order valence-corrected chi connectivity index (χ4v) is 2.90. The van der Waals surface area contributed by atoms with Gasteiger partial charge in [0.1, 0.15) is 5.82 Å². The lowest BCUT2D eigenvalue weighted by atomic mass is 10.00. The lowest BCUT2D eigenvalue weighted by Crippen LogP contribution is -2.05. The number of ether oxygens (including phenoxy) is 1. The van der Waals surface area contributed by atoms with Gasteiger partial charge in [-0.25, -0.2) is 14.2 Å². The average molecular weight is 331 g/mol. The molecule has 4 rings (SSSR count). The van der Waals surface area contributed by atoms with E-state index in [1.807, 2.05) is 43.3 Å². The fraction of sp³-hybridized carbons (Fsp3) is 0.0476. The molecule has 3 aromatic rings. The predicted molar refractivity (Wildman–Crippen MR) is 95.7 cm³/mol. The Morgan fingerprint density at radius 2 is 1.80 bits per heavy atom. The number of fused-ring (bicyclic) bond motifs is 1. The molecule has 0 atom stereocenters. The Morgan fingerprint density at radius 1 is 1.00 bits per heavy atom.